The fraction of sp³-hybridized carbons (Fsp3) is 0.323. The summed E-state index contributed by atoms with van der Waals surface area (Å²) in [6.07, 6.45) is 6.25. The molecule has 0 bridgehead atoms. The van der Waals surface area contributed by atoms with Crippen LogP contribution in [0.5, 0.6) is 0 Å². The van der Waals surface area contributed by atoms with Crippen molar-refractivity contribution in [2.75, 3.05) is 38.1 Å². The van der Waals surface area contributed by atoms with Crippen LogP contribution < -0.4 is 5.32 Å². The van der Waals surface area contributed by atoms with Crippen LogP contribution >= 0.6 is 0 Å². The zero-order valence-electron chi connectivity index (χ0n) is 23.7. The second kappa shape index (κ2) is 12.6. The number of halogens is 2. The summed E-state index contributed by atoms with van der Waals surface area (Å²) in [7, 11) is -3.63. The molecule has 1 amide bonds. The number of benzene rings is 2. The minimum atomic E-state index is -3.63. The number of piperazine rings is 1. The molecule has 1 saturated heterocycles. The van der Waals surface area contributed by atoms with E-state index in [2.05, 4.69) is 10.3 Å². The van der Waals surface area contributed by atoms with Gasteiger partial charge in [-0.15, -0.1) is 0 Å². The molecule has 3 aromatic rings. The molecule has 1 aliphatic carbocycles. The number of sulfonamides is 1. The number of aromatic nitrogens is 1. The molecule has 1 saturated carbocycles. The Morgan fingerprint density at radius 3 is 2.19 bits per heavy atom. The first kappa shape index (κ1) is 30.3. The van der Waals surface area contributed by atoms with Gasteiger partial charge in [-0.1, -0.05) is 31.2 Å². The summed E-state index contributed by atoms with van der Waals surface area (Å²) in [5.74, 6) is -2.75. The smallest absolute Gasteiger partial charge is 0.293 e. The maximum absolute atomic E-state index is 13.7. The summed E-state index contributed by atoms with van der Waals surface area (Å²) in [5.41, 5.74) is 2.60. The van der Waals surface area contributed by atoms with E-state index in [1.165, 1.54) is 4.31 Å². The van der Waals surface area contributed by atoms with E-state index in [0.717, 1.165) is 42.3 Å². The molecule has 0 spiro atoms. The van der Waals surface area contributed by atoms with Gasteiger partial charge in [0.2, 0.25) is 15.8 Å². The van der Waals surface area contributed by atoms with Gasteiger partial charge in [-0.05, 0) is 53.8 Å². The Balaban J connectivity index is 1.28. The number of hydrogen-bond donors (Lipinski definition) is 2. The molecule has 1 aliphatic heterocycles. The summed E-state index contributed by atoms with van der Waals surface area (Å²) in [6.45, 7) is 2.99. The third kappa shape index (κ3) is 7.63. The quantitative estimate of drug-likeness (QED) is 0.184. The number of hydrogen-bond acceptors (Lipinski definition) is 7. The van der Waals surface area contributed by atoms with Crippen LogP contribution in [0.3, 0.4) is 0 Å². The number of rotatable bonds is 11. The Bertz CT molecular complexity index is 1600. The van der Waals surface area contributed by atoms with E-state index < -0.39 is 27.6 Å². The first-order chi connectivity index (χ1) is 20.5. The van der Waals surface area contributed by atoms with Gasteiger partial charge in [0, 0.05) is 62.0 Å². The predicted octanol–water partition coefficient (Wildman–Crippen LogP) is 4.79. The normalized spacial score (nSPS) is 17.1. The summed E-state index contributed by atoms with van der Waals surface area (Å²) < 4.78 is 61.3. The van der Waals surface area contributed by atoms with Crippen molar-refractivity contribution in [3.8, 4) is 11.1 Å². The number of carbonyl (C=O) groups excluding carboxylic acids is 1. The molecular weight excluding hydrogens is 576 g/mol. The topological polar surface area (TPSA) is 116 Å². The van der Waals surface area contributed by atoms with Crippen LogP contribution in [0.1, 0.15) is 25.3 Å². The van der Waals surface area contributed by atoms with Crippen LogP contribution in [-0.2, 0) is 25.3 Å². The molecule has 5 rings (SSSR count). The first-order valence-electron chi connectivity index (χ1n) is 13.9. The summed E-state index contributed by atoms with van der Waals surface area (Å²) >= 11 is 0. The largest absolute Gasteiger partial charge is 0.486 e. The second-order valence-electron chi connectivity index (χ2n) is 11.1. The zero-order valence-corrected chi connectivity index (χ0v) is 24.5. The number of anilines is 1. The van der Waals surface area contributed by atoms with Crippen LogP contribution in [0, 0.1) is 22.5 Å². The highest BCUT2D eigenvalue weighted by molar-refractivity contribution is 7.88. The molecule has 2 N–H and O–H groups in total. The SMILES string of the molecule is CC1(CO/C(C(=O)Nc2cc(F)cc(F)c2)=C(/C=N)N2CCN(S(=O)(=O)Cc3ccc(-c4ccncc4)cc3)CC2)CC1. The molecule has 226 valence electrons. The van der Waals surface area contributed by atoms with Crippen LogP contribution in [0.25, 0.3) is 11.1 Å². The Labute approximate surface area is 249 Å². The highest BCUT2D eigenvalue weighted by Gasteiger charge is 2.39. The molecule has 2 aromatic carbocycles. The highest BCUT2D eigenvalue weighted by atomic mass is 32.2. The van der Waals surface area contributed by atoms with Crippen LogP contribution in [0.4, 0.5) is 14.5 Å². The Hall–Kier alpha value is -4.16. The third-order valence-electron chi connectivity index (χ3n) is 7.65. The molecule has 1 aromatic heterocycles. The molecule has 2 fully saturated rings. The molecule has 2 heterocycles. The van der Waals surface area contributed by atoms with E-state index >= 15 is 0 Å². The van der Waals surface area contributed by atoms with E-state index in [-0.39, 0.29) is 61.1 Å². The van der Waals surface area contributed by atoms with Gasteiger partial charge in [0.25, 0.3) is 5.91 Å². The van der Waals surface area contributed by atoms with E-state index in [1.54, 1.807) is 29.4 Å². The third-order valence-corrected chi connectivity index (χ3v) is 9.50. The van der Waals surface area contributed by atoms with Crippen molar-refractivity contribution in [1.29, 1.82) is 5.41 Å². The lowest BCUT2D eigenvalue weighted by Gasteiger charge is -2.36. The molecule has 0 atom stereocenters. The molecule has 0 unspecified atom stereocenters. The summed E-state index contributed by atoms with van der Waals surface area (Å²) in [5, 5.41) is 10.5. The Kier molecular flexibility index (Phi) is 8.88. The fourth-order valence-corrected chi connectivity index (χ4v) is 6.34. The fourth-order valence-electron chi connectivity index (χ4n) is 4.82. The maximum Gasteiger partial charge on any atom is 0.293 e. The number of nitrogens with zero attached hydrogens (tertiary/aromatic N) is 3. The monoisotopic (exact) mass is 609 g/mol. The number of allylic oxidation sites excluding steroid dienone is 1. The van der Waals surface area contributed by atoms with Crippen molar-refractivity contribution in [3.63, 3.8) is 0 Å². The Morgan fingerprint density at radius 2 is 1.60 bits per heavy atom. The van der Waals surface area contributed by atoms with Crippen LogP contribution in [0.15, 0.2) is 78.4 Å². The van der Waals surface area contributed by atoms with Gasteiger partial charge in [-0.3, -0.25) is 9.78 Å². The van der Waals surface area contributed by atoms with Crippen molar-refractivity contribution in [2.24, 2.45) is 5.41 Å². The van der Waals surface area contributed by atoms with Crippen LogP contribution in [0.2, 0.25) is 0 Å². The van der Waals surface area contributed by atoms with Crippen molar-refractivity contribution in [1.82, 2.24) is 14.2 Å². The van der Waals surface area contributed by atoms with Crippen molar-refractivity contribution < 1.29 is 26.7 Å². The van der Waals surface area contributed by atoms with Gasteiger partial charge >= 0.3 is 0 Å². The van der Waals surface area contributed by atoms with Gasteiger partial charge in [0.15, 0.2) is 0 Å². The van der Waals surface area contributed by atoms with Gasteiger partial charge in [-0.25, -0.2) is 17.2 Å². The van der Waals surface area contributed by atoms with Crippen LogP contribution in [-0.4, -0.2) is 67.5 Å². The number of pyridine rings is 1. The van der Waals surface area contributed by atoms with E-state index in [0.29, 0.717) is 11.6 Å². The average Bonchev–Trinajstić information content (AvgIpc) is 3.72. The second-order valence-corrected chi connectivity index (χ2v) is 13.1. The number of carbonyl (C=O) groups is 1. The minimum absolute atomic E-state index is 0.0877. The standard InChI is InChI=1S/C31H33F2N5O4S/c1-31(8-9-31)21-42-29(30(39)36-27-17-25(32)16-26(33)18-27)28(19-34)37-12-14-38(15-13-37)43(40,41)20-22-2-4-23(5-3-22)24-6-10-35-11-7-24/h2-7,10-11,16-19,34H,8-9,12-15,20-21H2,1H3,(H,36,39)/b29-28-,34-19?. The lowest BCUT2D eigenvalue weighted by atomic mass is 10.1. The van der Waals surface area contributed by atoms with Gasteiger partial charge in [0.1, 0.15) is 17.3 Å². The maximum atomic E-state index is 13.7. The molecule has 2 aliphatic rings. The van der Waals surface area contributed by atoms with Gasteiger partial charge < -0.3 is 20.4 Å². The van der Waals surface area contributed by atoms with Gasteiger partial charge in [-0.2, -0.15) is 4.31 Å². The lowest BCUT2D eigenvalue weighted by Crippen LogP contribution is -2.49. The molecule has 43 heavy (non-hydrogen) atoms. The van der Waals surface area contributed by atoms with Gasteiger partial charge in [0.05, 0.1) is 12.4 Å². The average molecular weight is 610 g/mol. The molecule has 9 nitrogen and oxygen atoms in total. The Morgan fingerprint density at radius 1 is 1.00 bits per heavy atom. The van der Waals surface area contributed by atoms with E-state index in [4.69, 9.17) is 10.1 Å². The van der Waals surface area contributed by atoms with E-state index in [9.17, 15) is 22.0 Å². The van der Waals surface area contributed by atoms with E-state index in [1.807, 2.05) is 31.2 Å². The lowest BCUT2D eigenvalue weighted by molar-refractivity contribution is -0.116. The first-order valence-corrected chi connectivity index (χ1v) is 15.5. The number of amides is 1. The molecule has 0 radical (unpaired) electrons. The van der Waals surface area contributed by atoms with Crippen molar-refractivity contribution in [3.05, 3.63) is 95.6 Å². The summed E-state index contributed by atoms with van der Waals surface area (Å²) in [4.78, 5) is 19.0. The summed E-state index contributed by atoms with van der Waals surface area (Å²) in [6, 6.07) is 13.8. The minimum Gasteiger partial charge on any atom is -0.486 e. The zero-order chi connectivity index (χ0) is 30.6. The van der Waals surface area contributed by atoms with Crippen molar-refractivity contribution >= 4 is 27.8 Å². The predicted molar refractivity (Wildman–Crippen MR) is 160 cm³/mol. The van der Waals surface area contributed by atoms with Crippen molar-refractivity contribution in [2.45, 2.75) is 25.5 Å². The number of nitrogens with one attached hydrogen (secondary N) is 2. The number of ether oxygens (including phenoxy) is 1. The molecular formula is C31H33F2N5O4S. The highest BCUT2D eigenvalue weighted by Crippen LogP contribution is 2.45. The molecule has 12 heteroatoms.